The SMILES string of the molecule is CCCOc1cc2c(c(OC)c1OC)-c1ccc(SC)c(=O)cc1C(NC(C)=O)CC2. The van der Waals surface area contributed by atoms with Crippen molar-refractivity contribution in [2.75, 3.05) is 27.1 Å². The number of carbonyl (C=O) groups excluding carboxylic acids is 1. The van der Waals surface area contributed by atoms with E-state index in [1.54, 1.807) is 20.3 Å². The number of fused-ring (bicyclic) bond motifs is 3. The largest absolute Gasteiger partial charge is 0.492 e. The van der Waals surface area contributed by atoms with Gasteiger partial charge in [-0.15, -0.1) is 11.8 Å². The third-order valence-corrected chi connectivity index (χ3v) is 6.12. The van der Waals surface area contributed by atoms with Crippen LogP contribution in [-0.2, 0) is 11.2 Å². The van der Waals surface area contributed by atoms with Crippen LogP contribution in [0.2, 0.25) is 0 Å². The van der Waals surface area contributed by atoms with E-state index in [4.69, 9.17) is 14.2 Å². The van der Waals surface area contributed by atoms with E-state index in [1.165, 1.54) is 18.7 Å². The molecule has 166 valence electrons. The van der Waals surface area contributed by atoms with Crippen LogP contribution < -0.4 is 25.0 Å². The van der Waals surface area contributed by atoms with Crippen molar-refractivity contribution < 1.29 is 19.0 Å². The van der Waals surface area contributed by atoms with Gasteiger partial charge < -0.3 is 19.5 Å². The molecule has 0 saturated carbocycles. The highest BCUT2D eigenvalue weighted by Gasteiger charge is 2.29. The molecule has 0 heterocycles. The van der Waals surface area contributed by atoms with Gasteiger partial charge in [0.05, 0.1) is 31.8 Å². The number of nitrogens with one attached hydrogen (secondary N) is 1. The molecule has 31 heavy (non-hydrogen) atoms. The smallest absolute Gasteiger partial charge is 0.217 e. The van der Waals surface area contributed by atoms with Gasteiger partial charge in [0.1, 0.15) is 0 Å². The maximum atomic E-state index is 12.8. The highest BCUT2D eigenvalue weighted by Crippen LogP contribution is 2.50. The van der Waals surface area contributed by atoms with E-state index >= 15 is 0 Å². The summed E-state index contributed by atoms with van der Waals surface area (Å²) in [4.78, 5) is 25.4. The lowest BCUT2D eigenvalue weighted by atomic mass is 9.95. The summed E-state index contributed by atoms with van der Waals surface area (Å²) in [6, 6.07) is 7.12. The summed E-state index contributed by atoms with van der Waals surface area (Å²) in [5, 5.41) is 3.02. The fourth-order valence-corrected chi connectivity index (χ4v) is 4.49. The van der Waals surface area contributed by atoms with Gasteiger partial charge in [-0.25, -0.2) is 0 Å². The second-order valence-corrected chi connectivity index (χ2v) is 8.24. The molecule has 0 bridgehead atoms. The van der Waals surface area contributed by atoms with Crippen LogP contribution in [0.4, 0.5) is 0 Å². The summed E-state index contributed by atoms with van der Waals surface area (Å²) in [5.74, 6) is 1.59. The van der Waals surface area contributed by atoms with Crippen LogP contribution in [0.1, 0.15) is 43.9 Å². The number of methoxy groups -OCH3 is 2. The summed E-state index contributed by atoms with van der Waals surface area (Å²) in [6.07, 6.45) is 4.09. The predicted octanol–water partition coefficient (Wildman–Crippen LogP) is 4.37. The van der Waals surface area contributed by atoms with Crippen molar-refractivity contribution in [3.63, 3.8) is 0 Å². The van der Waals surface area contributed by atoms with E-state index in [2.05, 4.69) is 5.32 Å². The molecule has 0 aromatic heterocycles. The van der Waals surface area contributed by atoms with Crippen molar-refractivity contribution >= 4 is 17.7 Å². The van der Waals surface area contributed by atoms with E-state index in [0.717, 1.165) is 28.7 Å². The van der Waals surface area contributed by atoms with Gasteiger partial charge in [0, 0.05) is 12.5 Å². The van der Waals surface area contributed by atoms with E-state index in [1.807, 2.05) is 31.4 Å². The summed E-state index contributed by atoms with van der Waals surface area (Å²) >= 11 is 1.40. The molecule has 1 N–H and O–H groups in total. The van der Waals surface area contributed by atoms with Crippen molar-refractivity contribution in [1.82, 2.24) is 5.32 Å². The Bertz CT molecular complexity index is 1040. The molecule has 0 aliphatic heterocycles. The van der Waals surface area contributed by atoms with Gasteiger partial charge in [0.15, 0.2) is 16.9 Å². The molecular weight excluding hydrogens is 414 g/mol. The Hall–Kier alpha value is -2.67. The van der Waals surface area contributed by atoms with Crippen molar-refractivity contribution in [3.05, 3.63) is 45.6 Å². The van der Waals surface area contributed by atoms with Crippen LogP contribution in [0.25, 0.3) is 11.1 Å². The lowest BCUT2D eigenvalue weighted by molar-refractivity contribution is -0.119. The second kappa shape index (κ2) is 10.1. The number of rotatable bonds is 7. The van der Waals surface area contributed by atoms with Crippen LogP contribution in [0.3, 0.4) is 0 Å². The zero-order valence-corrected chi connectivity index (χ0v) is 19.5. The standard InChI is InChI=1S/C24H29NO5S/c1-6-11-30-20-12-15-7-9-18(25-14(2)26)17-13-19(27)21(31-5)10-8-16(17)22(15)24(29-4)23(20)28-3/h8,10,12-13,18H,6-7,9,11H2,1-5H3,(H,25,26). The molecule has 1 atom stereocenters. The lowest BCUT2D eigenvalue weighted by Gasteiger charge is -2.20. The Morgan fingerprint density at radius 1 is 1.19 bits per heavy atom. The van der Waals surface area contributed by atoms with Gasteiger partial charge in [-0.05, 0) is 60.4 Å². The molecular formula is C24H29NO5S. The molecule has 2 aromatic carbocycles. The number of ether oxygens (including phenoxy) is 3. The minimum atomic E-state index is -0.287. The molecule has 2 aromatic rings. The van der Waals surface area contributed by atoms with Crippen LogP contribution >= 0.6 is 11.8 Å². The maximum absolute atomic E-state index is 12.8. The Morgan fingerprint density at radius 3 is 2.55 bits per heavy atom. The maximum Gasteiger partial charge on any atom is 0.217 e. The van der Waals surface area contributed by atoms with Crippen molar-refractivity contribution in [1.29, 1.82) is 0 Å². The number of hydrogen-bond donors (Lipinski definition) is 1. The first kappa shape index (κ1) is 23.0. The number of benzene rings is 1. The van der Waals surface area contributed by atoms with Gasteiger partial charge in [0.2, 0.25) is 11.7 Å². The number of carbonyl (C=O) groups is 1. The number of amides is 1. The van der Waals surface area contributed by atoms with Gasteiger partial charge in [-0.3, -0.25) is 9.59 Å². The quantitative estimate of drug-likeness (QED) is 0.641. The highest BCUT2D eigenvalue weighted by molar-refractivity contribution is 7.98. The zero-order chi connectivity index (χ0) is 22.5. The summed E-state index contributed by atoms with van der Waals surface area (Å²) < 4.78 is 17.5. The third-order valence-electron chi connectivity index (χ3n) is 5.34. The summed E-state index contributed by atoms with van der Waals surface area (Å²) in [5.41, 5.74) is 3.46. The molecule has 0 radical (unpaired) electrons. The fraction of sp³-hybridized carbons (Fsp3) is 0.417. The minimum Gasteiger partial charge on any atom is -0.492 e. The third kappa shape index (κ3) is 4.66. The molecule has 1 unspecified atom stereocenters. The summed E-state index contributed by atoms with van der Waals surface area (Å²) in [6.45, 7) is 4.10. The first-order valence-corrected chi connectivity index (χ1v) is 11.6. The van der Waals surface area contributed by atoms with E-state index < -0.39 is 0 Å². The van der Waals surface area contributed by atoms with Crippen molar-refractivity contribution in [2.24, 2.45) is 0 Å². The molecule has 0 spiro atoms. The van der Waals surface area contributed by atoms with Gasteiger partial charge in [-0.1, -0.05) is 13.0 Å². The lowest BCUT2D eigenvalue weighted by Crippen LogP contribution is -2.26. The molecule has 7 heteroatoms. The molecule has 1 aliphatic carbocycles. The average Bonchev–Trinajstić information content (AvgIpc) is 2.99. The number of thioether (sulfide) groups is 1. The van der Waals surface area contributed by atoms with Crippen LogP contribution in [0, 0.1) is 0 Å². The Morgan fingerprint density at radius 2 is 1.94 bits per heavy atom. The molecule has 0 fully saturated rings. The topological polar surface area (TPSA) is 73.9 Å². The predicted molar refractivity (Wildman–Crippen MR) is 124 cm³/mol. The van der Waals surface area contributed by atoms with Crippen LogP contribution in [0.15, 0.2) is 34.0 Å². The van der Waals surface area contributed by atoms with Crippen LogP contribution in [0.5, 0.6) is 17.2 Å². The molecule has 6 nitrogen and oxygen atoms in total. The number of aryl methyl sites for hydroxylation is 1. The van der Waals surface area contributed by atoms with E-state index in [0.29, 0.717) is 41.6 Å². The van der Waals surface area contributed by atoms with Gasteiger partial charge in [0.25, 0.3) is 0 Å². The first-order valence-electron chi connectivity index (χ1n) is 10.3. The molecule has 1 amide bonds. The van der Waals surface area contributed by atoms with Gasteiger partial charge >= 0.3 is 0 Å². The molecule has 3 rings (SSSR count). The minimum absolute atomic E-state index is 0.0682. The Kier molecular flexibility index (Phi) is 7.49. The highest BCUT2D eigenvalue weighted by atomic mass is 32.2. The monoisotopic (exact) mass is 443 g/mol. The number of hydrogen-bond acceptors (Lipinski definition) is 6. The Balaban J connectivity index is 2.36. The average molecular weight is 444 g/mol. The Labute approximate surface area is 187 Å². The van der Waals surface area contributed by atoms with Crippen molar-refractivity contribution in [2.45, 2.75) is 44.0 Å². The fourth-order valence-electron chi connectivity index (χ4n) is 4.03. The normalized spacial score (nSPS) is 14.7. The van der Waals surface area contributed by atoms with Crippen molar-refractivity contribution in [3.8, 4) is 28.4 Å². The molecule has 1 aliphatic rings. The van der Waals surface area contributed by atoms with E-state index in [-0.39, 0.29) is 17.4 Å². The van der Waals surface area contributed by atoms with E-state index in [9.17, 15) is 9.59 Å². The molecule has 0 saturated heterocycles. The summed E-state index contributed by atoms with van der Waals surface area (Å²) in [7, 11) is 3.19. The first-order chi connectivity index (χ1) is 14.9. The van der Waals surface area contributed by atoms with Crippen LogP contribution in [-0.4, -0.2) is 33.0 Å². The zero-order valence-electron chi connectivity index (χ0n) is 18.7. The van der Waals surface area contributed by atoms with Gasteiger partial charge in [-0.2, -0.15) is 0 Å². The second-order valence-electron chi connectivity index (χ2n) is 7.39.